The molecule has 9 aromatic rings. The Morgan fingerprint density at radius 1 is 0.526 bits per heavy atom. The van der Waals surface area contributed by atoms with Crippen molar-refractivity contribution in [1.82, 2.24) is 14.4 Å². The van der Waals surface area contributed by atoms with Gasteiger partial charge in [0.2, 0.25) is 0 Å². The van der Waals surface area contributed by atoms with Gasteiger partial charge in [-0.2, -0.15) is 0 Å². The van der Waals surface area contributed by atoms with E-state index in [4.69, 9.17) is 4.42 Å². The summed E-state index contributed by atoms with van der Waals surface area (Å²) < 4.78 is 8.64. The summed E-state index contributed by atoms with van der Waals surface area (Å²) in [7, 11) is 0. The molecule has 0 atom stereocenters. The Morgan fingerprint density at radius 3 is 2.16 bits per heavy atom. The van der Waals surface area contributed by atoms with Crippen molar-refractivity contribution < 1.29 is 4.42 Å². The topological polar surface area (TPSA) is 43.3 Å². The number of rotatable bonds is 2. The number of para-hydroxylation sites is 3. The molecule has 9 rings (SSSR count). The lowest BCUT2D eigenvalue weighted by molar-refractivity contribution is 0.667. The summed E-state index contributed by atoms with van der Waals surface area (Å²) in [5.41, 5.74) is 10.3. The van der Waals surface area contributed by atoms with Crippen molar-refractivity contribution in [3.8, 4) is 22.4 Å². The second-order valence-corrected chi connectivity index (χ2v) is 9.87. The van der Waals surface area contributed by atoms with Crippen molar-refractivity contribution >= 4 is 60.2 Å². The van der Waals surface area contributed by atoms with Gasteiger partial charge in [0.15, 0.2) is 5.58 Å². The zero-order valence-corrected chi connectivity index (χ0v) is 20.2. The number of aromatic nitrogens is 3. The van der Waals surface area contributed by atoms with Gasteiger partial charge in [0, 0.05) is 32.5 Å². The number of benzene rings is 5. The van der Waals surface area contributed by atoms with Gasteiger partial charge in [-0.05, 0) is 41.5 Å². The Kier molecular flexibility index (Phi) is 3.76. The molecule has 0 aliphatic heterocycles. The number of furan rings is 1. The average Bonchev–Trinajstić information content (AvgIpc) is 3.64. The highest BCUT2D eigenvalue weighted by Gasteiger charge is 2.18. The smallest absolute Gasteiger partial charge is 0.180 e. The van der Waals surface area contributed by atoms with Gasteiger partial charge < -0.3 is 8.82 Å². The number of fused-ring (bicyclic) bond motifs is 9. The third-order valence-corrected chi connectivity index (χ3v) is 7.85. The molecule has 0 saturated carbocycles. The van der Waals surface area contributed by atoms with E-state index in [9.17, 15) is 0 Å². The van der Waals surface area contributed by atoms with Crippen molar-refractivity contribution in [1.29, 1.82) is 0 Å². The zero-order valence-electron chi connectivity index (χ0n) is 20.2. The Balaban J connectivity index is 1.27. The summed E-state index contributed by atoms with van der Waals surface area (Å²) in [6, 6.07) is 38.6. The quantitative estimate of drug-likeness (QED) is 0.246. The highest BCUT2D eigenvalue weighted by Crippen LogP contribution is 2.40. The van der Waals surface area contributed by atoms with Crippen LogP contribution in [0.4, 0.5) is 0 Å². The van der Waals surface area contributed by atoms with Gasteiger partial charge in [0.1, 0.15) is 23.1 Å². The van der Waals surface area contributed by atoms with E-state index in [1.165, 1.54) is 43.7 Å². The van der Waals surface area contributed by atoms with Crippen LogP contribution in [0.3, 0.4) is 0 Å². The van der Waals surface area contributed by atoms with E-state index >= 15 is 0 Å². The van der Waals surface area contributed by atoms with Gasteiger partial charge in [-0.15, -0.1) is 0 Å². The predicted molar refractivity (Wildman–Crippen MR) is 155 cm³/mol. The lowest BCUT2D eigenvalue weighted by Crippen LogP contribution is -1.88. The fourth-order valence-electron chi connectivity index (χ4n) is 6.19. The van der Waals surface area contributed by atoms with Crippen LogP contribution >= 0.6 is 0 Å². The summed E-state index contributed by atoms with van der Waals surface area (Å²) in [4.78, 5) is 9.16. The summed E-state index contributed by atoms with van der Waals surface area (Å²) in [6.45, 7) is 0. The molecule has 38 heavy (non-hydrogen) atoms. The first-order valence-corrected chi connectivity index (χ1v) is 12.8. The maximum Gasteiger partial charge on any atom is 0.180 e. The molecular formula is C34H19N3O. The minimum atomic E-state index is 0.719. The van der Waals surface area contributed by atoms with E-state index in [1.54, 1.807) is 6.33 Å². The normalized spacial score (nSPS) is 12.2. The molecule has 4 nitrogen and oxygen atoms in total. The average molecular weight is 486 g/mol. The van der Waals surface area contributed by atoms with Gasteiger partial charge >= 0.3 is 0 Å². The van der Waals surface area contributed by atoms with Crippen LogP contribution in [0.15, 0.2) is 120 Å². The van der Waals surface area contributed by atoms with E-state index in [1.807, 2.05) is 24.3 Å². The maximum atomic E-state index is 6.22. The zero-order chi connectivity index (χ0) is 24.8. The minimum Gasteiger partial charge on any atom is -0.452 e. The first kappa shape index (κ1) is 19.9. The van der Waals surface area contributed by atoms with Crippen LogP contribution in [0.2, 0.25) is 0 Å². The maximum absolute atomic E-state index is 6.22. The fraction of sp³-hybridized carbons (Fsp3) is 0. The number of hydrogen-bond acceptors (Lipinski definition) is 3. The fourth-order valence-corrected chi connectivity index (χ4v) is 6.19. The van der Waals surface area contributed by atoms with Crippen LogP contribution in [0.25, 0.3) is 82.5 Å². The largest absolute Gasteiger partial charge is 0.452 e. The van der Waals surface area contributed by atoms with Crippen LogP contribution in [-0.4, -0.2) is 14.4 Å². The second kappa shape index (κ2) is 7.17. The van der Waals surface area contributed by atoms with Crippen LogP contribution < -0.4 is 0 Å². The third kappa shape index (κ3) is 2.53. The van der Waals surface area contributed by atoms with E-state index in [0.29, 0.717) is 0 Å². The molecule has 0 saturated heterocycles. The Morgan fingerprint density at radius 2 is 1.24 bits per heavy atom. The molecule has 176 valence electrons. The van der Waals surface area contributed by atoms with Crippen molar-refractivity contribution in [3.63, 3.8) is 0 Å². The molecule has 0 aliphatic carbocycles. The van der Waals surface area contributed by atoms with E-state index in [0.717, 1.165) is 38.9 Å². The minimum absolute atomic E-state index is 0.719. The van der Waals surface area contributed by atoms with Crippen molar-refractivity contribution in [3.05, 3.63) is 116 Å². The molecule has 0 fully saturated rings. The molecule has 4 heterocycles. The van der Waals surface area contributed by atoms with Crippen molar-refractivity contribution in [2.24, 2.45) is 0 Å². The van der Waals surface area contributed by atoms with E-state index in [2.05, 4.69) is 99.3 Å². The van der Waals surface area contributed by atoms with Crippen molar-refractivity contribution in [2.75, 3.05) is 0 Å². The highest BCUT2D eigenvalue weighted by atomic mass is 16.3. The molecule has 0 amide bonds. The number of nitrogens with zero attached hydrogens (tertiary/aromatic N) is 3. The third-order valence-electron chi connectivity index (χ3n) is 7.85. The summed E-state index contributed by atoms with van der Waals surface area (Å²) in [6.07, 6.45) is 1.63. The standard InChI is InChI=1S/C34H19N3O/c1-3-13-28-23(9-1)25-11-6-12-26-24-16-15-21(18-29(24)37(28)33(25)26)20-7-5-8-22(17-20)31-34-32(36-19-35-31)27-10-2-4-14-30(27)38-34/h1-19H. The lowest BCUT2D eigenvalue weighted by Gasteiger charge is -2.07. The summed E-state index contributed by atoms with van der Waals surface area (Å²) in [5.74, 6) is 0. The van der Waals surface area contributed by atoms with Crippen LogP contribution in [0.5, 0.6) is 0 Å². The monoisotopic (exact) mass is 485 g/mol. The van der Waals surface area contributed by atoms with E-state index < -0.39 is 0 Å². The molecule has 0 radical (unpaired) electrons. The van der Waals surface area contributed by atoms with Gasteiger partial charge in [0.05, 0.1) is 16.6 Å². The Bertz CT molecular complexity index is 2360. The summed E-state index contributed by atoms with van der Waals surface area (Å²) in [5, 5.41) is 6.17. The molecule has 0 unspecified atom stereocenters. The van der Waals surface area contributed by atoms with Gasteiger partial charge in [-0.25, -0.2) is 9.97 Å². The molecule has 0 aliphatic rings. The Hall–Kier alpha value is -5.22. The first-order chi connectivity index (χ1) is 18.8. The molecule has 4 aromatic heterocycles. The second-order valence-electron chi connectivity index (χ2n) is 9.87. The SMILES string of the molecule is c1cc(-c2ccc3c4cccc5c6ccccc6n(c3c2)c54)cc(-c2ncnc3c2oc2ccccc23)c1. The highest BCUT2D eigenvalue weighted by molar-refractivity contribution is 6.23. The first-order valence-electron chi connectivity index (χ1n) is 12.8. The molecule has 0 bridgehead atoms. The lowest BCUT2D eigenvalue weighted by atomic mass is 9.99. The van der Waals surface area contributed by atoms with Crippen LogP contribution in [0.1, 0.15) is 0 Å². The summed E-state index contributed by atoms with van der Waals surface area (Å²) >= 11 is 0. The predicted octanol–water partition coefficient (Wildman–Crippen LogP) is 8.86. The van der Waals surface area contributed by atoms with Crippen molar-refractivity contribution in [2.45, 2.75) is 0 Å². The van der Waals surface area contributed by atoms with Crippen LogP contribution in [-0.2, 0) is 0 Å². The Labute approximate surface area is 216 Å². The molecule has 5 aromatic carbocycles. The molecule has 0 N–H and O–H groups in total. The van der Waals surface area contributed by atoms with Gasteiger partial charge in [-0.3, -0.25) is 0 Å². The van der Waals surface area contributed by atoms with Gasteiger partial charge in [-0.1, -0.05) is 78.9 Å². The van der Waals surface area contributed by atoms with E-state index in [-0.39, 0.29) is 0 Å². The van der Waals surface area contributed by atoms with Gasteiger partial charge in [0.25, 0.3) is 0 Å². The molecule has 4 heteroatoms. The molecule has 0 spiro atoms. The van der Waals surface area contributed by atoms with Crippen LogP contribution in [0, 0.1) is 0 Å². The number of hydrogen-bond donors (Lipinski definition) is 0. The molecular weight excluding hydrogens is 466 g/mol.